The monoisotopic (exact) mass is 653 g/mol. The van der Waals surface area contributed by atoms with Crippen molar-refractivity contribution in [2.45, 2.75) is 103 Å². The standard InChI is InChI=1S/C32H46F3N5O6/c1-20(2)25(37-29(44)39-17-14-22(15-18-39)38(6)30(45)46-31(3,4)5)28(43)40-16-10-13-24(40)27(42)36-23(26(41)32(33,34)35)19-21-11-8-7-9-12-21/h7-9,11-12,20,22-25H,10,13-19H2,1-6H3,(H,36,42)(H,37,44). The summed E-state index contributed by atoms with van der Waals surface area (Å²) >= 11 is 0. The van der Waals surface area contributed by atoms with Gasteiger partial charge in [0.15, 0.2) is 0 Å². The minimum Gasteiger partial charge on any atom is -0.444 e. The molecule has 1 aromatic carbocycles. The summed E-state index contributed by atoms with van der Waals surface area (Å²) in [6, 6.07) is 3.50. The molecule has 46 heavy (non-hydrogen) atoms. The number of piperidine rings is 1. The number of nitrogens with zero attached hydrogens (tertiary/aromatic N) is 3. The summed E-state index contributed by atoms with van der Waals surface area (Å²) < 4.78 is 45.7. The van der Waals surface area contributed by atoms with Crippen LogP contribution in [0.15, 0.2) is 30.3 Å². The minimum absolute atomic E-state index is 0.125. The van der Waals surface area contributed by atoms with Crippen molar-refractivity contribution in [3.05, 3.63) is 35.9 Å². The quantitative estimate of drug-likeness (QED) is 0.416. The van der Waals surface area contributed by atoms with Gasteiger partial charge in [-0.25, -0.2) is 9.59 Å². The first-order valence-corrected chi connectivity index (χ1v) is 15.7. The van der Waals surface area contributed by atoms with Crippen LogP contribution in [0.3, 0.4) is 0 Å². The zero-order chi connectivity index (χ0) is 34.4. The number of benzene rings is 1. The fourth-order valence-corrected chi connectivity index (χ4v) is 5.68. The first-order valence-electron chi connectivity index (χ1n) is 15.7. The van der Waals surface area contributed by atoms with Crippen LogP contribution in [-0.2, 0) is 25.5 Å². The first kappa shape index (κ1) is 36.6. The molecule has 2 saturated heterocycles. The highest BCUT2D eigenvalue weighted by atomic mass is 19.4. The molecule has 2 aliphatic rings. The number of ether oxygens (including phenoxy) is 1. The highest BCUT2D eigenvalue weighted by Crippen LogP contribution is 2.24. The molecular formula is C32H46F3N5O6. The number of alkyl halides is 3. The Labute approximate surface area is 268 Å². The van der Waals surface area contributed by atoms with Gasteiger partial charge < -0.3 is 30.1 Å². The number of halogens is 3. The van der Waals surface area contributed by atoms with Crippen LogP contribution in [0, 0.1) is 5.92 Å². The van der Waals surface area contributed by atoms with Crippen LogP contribution in [0.1, 0.15) is 65.9 Å². The number of likely N-dealkylation sites (tertiary alicyclic amines) is 2. The summed E-state index contributed by atoms with van der Waals surface area (Å²) in [5, 5.41) is 5.05. The van der Waals surface area contributed by atoms with E-state index in [0.29, 0.717) is 37.9 Å². The number of Topliss-reactive ketones (excluding diaryl/α,β-unsaturated/α-hetero) is 1. The Kier molecular flexibility index (Phi) is 12.1. The average molecular weight is 654 g/mol. The normalized spacial score (nSPS) is 19.0. The number of rotatable bonds is 9. The van der Waals surface area contributed by atoms with Crippen LogP contribution in [0.4, 0.5) is 22.8 Å². The molecule has 3 unspecified atom stereocenters. The number of carbonyl (C=O) groups is 5. The Morgan fingerprint density at radius 1 is 0.957 bits per heavy atom. The average Bonchev–Trinajstić information content (AvgIpc) is 3.48. The van der Waals surface area contributed by atoms with E-state index in [9.17, 15) is 37.1 Å². The zero-order valence-electron chi connectivity index (χ0n) is 27.4. The summed E-state index contributed by atoms with van der Waals surface area (Å²) in [6.07, 6.45) is -4.31. The molecule has 1 aromatic rings. The van der Waals surface area contributed by atoms with Crippen LogP contribution in [0.2, 0.25) is 0 Å². The van der Waals surface area contributed by atoms with Gasteiger partial charge in [0.1, 0.15) is 23.7 Å². The van der Waals surface area contributed by atoms with Gasteiger partial charge in [0.2, 0.25) is 11.8 Å². The van der Waals surface area contributed by atoms with Gasteiger partial charge in [-0.2, -0.15) is 13.2 Å². The third-order valence-corrected chi connectivity index (χ3v) is 8.23. The Hall–Kier alpha value is -3.84. The van der Waals surface area contributed by atoms with Gasteiger partial charge in [-0.3, -0.25) is 14.4 Å². The lowest BCUT2D eigenvalue weighted by Gasteiger charge is -2.38. The zero-order valence-corrected chi connectivity index (χ0v) is 27.4. The second kappa shape index (κ2) is 15.2. The second-order valence-electron chi connectivity index (χ2n) is 13.3. The third kappa shape index (κ3) is 9.83. The van der Waals surface area contributed by atoms with E-state index >= 15 is 0 Å². The van der Waals surface area contributed by atoms with E-state index in [1.807, 2.05) is 0 Å². The number of amides is 5. The number of urea groups is 1. The van der Waals surface area contributed by atoms with Crippen molar-refractivity contribution in [3.8, 4) is 0 Å². The Morgan fingerprint density at radius 3 is 2.11 bits per heavy atom. The van der Waals surface area contributed by atoms with Gasteiger partial charge in [0.25, 0.3) is 5.78 Å². The molecule has 5 amide bonds. The molecule has 0 saturated carbocycles. The lowest BCUT2D eigenvalue weighted by atomic mass is 10.0. The molecule has 2 N–H and O–H groups in total. The van der Waals surface area contributed by atoms with Crippen LogP contribution in [0.25, 0.3) is 0 Å². The van der Waals surface area contributed by atoms with Gasteiger partial charge in [0, 0.05) is 39.1 Å². The molecule has 2 aliphatic heterocycles. The van der Waals surface area contributed by atoms with E-state index in [2.05, 4.69) is 10.6 Å². The number of nitrogens with one attached hydrogen (secondary N) is 2. The maximum atomic E-state index is 13.7. The molecule has 2 fully saturated rings. The van der Waals surface area contributed by atoms with Crippen molar-refractivity contribution in [2.75, 3.05) is 26.7 Å². The van der Waals surface area contributed by atoms with Crippen molar-refractivity contribution in [1.29, 1.82) is 0 Å². The molecule has 0 radical (unpaired) electrons. The topological polar surface area (TPSA) is 128 Å². The fourth-order valence-electron chi connectivity index (χ4n) is 5.68. The van der Waals surface area contributed by atoms with E-state index in [-0.39, 0.29) is 31.3 Å². The Morgan fingerprint density at radius 2 is 1.57 bits per heavy atom. The van der Waals surface area contributed by atoms with Gasteiger partial charge >= 0.3 is 18.3 Å². The number of hydrogen-bond acceptors (Lipinski definition) is 6. The molecule has 0 spiro atoms. The molecule has 11 nitrogen and oxygen atoms in total. The lowest BCUT2D eigenvalue weighted by molar-refractivity contribution is -0.173. The summed E-state index contributed by atoms with van der Waals surface area (Å²) in [7, 11) is 1.66. The molecule has 256 valence electrons. The lowest BCUT2D eigenvalue weighted by Crippen LogP contribution is -2.59. The highest BCUT2D eigenvalue weighted by molar-refractivity contribution is 5.96. The van der Waals surface area contributed by atoms with E-state index in [1.165, 1.54) is 9.80 Å². The molecular weight excluding hydrogens is 607 g/mol. The highest BCUT2D eigenvalue weighted by Gasteiger charge is 2.46. The summed E-state index contributed by atoms with van der Waals surface area (Å²) in [4.78, 5) is 69.4. The molecule has 3 rings (SSSR count). The molecule has 2 heterocycles. The van der Waals surface area contributed by atoms with Crippen LogP contribution >= 0.6 is 0 Å². The maximum Gasteiger partial charge on any atom is 0.452 e. The molecule has 14 heteroatoms. The summed E-state index contributed by atoms with van der Waals surface area (Å²) in [5.41, 5.74) is -0.197. The molecule has 0 aliphatic carbocycles. The van der Waals surface area contributed by atoms with E-state index in [0.717, 1.165) is 0 Å². The molecule has 0 bridgehead atoms. The van der Waals surface area contributed by atoms with E-state index < -0.39 is 59.6 Å². The van der Waals surface area contributed by atoms with Crippen molar-refractivity contribution >= 4 is 29.7 Å². The van der Waals surface area contributed by atoms with E-state index in [1.54, 1.807) is 76.9 Å². The first-order chi connectivity index (χ1) is 21.4. The van der Waals surface area contributed by atoms with Crippen LogP contribution < -0.4 is 10.6 Å². The predicted molar refractivity (Wildman–Crippen MR) is 164 cm³/mol. The predicted octanol–water partition coefficient (Wildman–Crippen LogP) is 3.90. The summed E-state index contributed by atoms with van der Waals surface area (Å²) in [6.45, 7) is 9.70. The molecule has 0 aromatic heterocycles. The number of hydrogen-bond donors (Lipinski definition) is 2. The SMILES string of the molecule is CC(C)C(NC(=O)N1CCC(N(C)C(=O)OC(C)(C)C)CC1)C(=O)N1CCCC1C(=O)NC(Cc1ccccc1)C(=O)C(F)(F)F. The number of carbonyl (C=O) groups excluding carboxylic acids is 5. The Bertz CT molecular complexity index is 1240. The van der Waals surface area contributed by atoms with Gasteiger partial charge in [0.05, 0.1) is 0 Å². The van der Waals surface area contributed by atoms with Crippen molar-refractivity contribution in [2.24, 2.45) is 5.92 Å². The molecule has 3 atom stereocenters. The van der Waals surface area contributed by atoms with Gasteiger partial charge in [-0.05, 0) is 57.9 Å². The van der Waals surface area contributed by atoms with Crippen molar-refractivity contribution in [1.82, 2.24) is 25.3 Å². The van der Waals surface area contributed by atoms with Crippen LogP contribution in [0.5, 0.6) is 0 Å². The maximum absolute atomic E-state index is 13.7. The van der Waals surface area contributed by atoms with Gasteiger partial charge in [-0.1, -0.05) is 44.2 Å². The Balaban J connectivity index is 1.64. The minimum atomic E-state index is -5.16. The number of ketones is 1. The van der Waals surface area contributed by atoms with Crippen molar-refractivity contribution in [3.63, 3.8) is 0 Å². The van der Waals surface area contributed by atoms with E-state index in [4.69, 9.17) is 4.74 Å². The van der Waals surface area contributed by atoms with Crippen LogP contribution in [-0.4, -0.2) is 107 Å². The summed E-state index contributed by atoms with van der Waals surface area (Å²) in [5.74, 6) is -3.82. The smallest absolute Gasteiger partial charge is 0.444 e. The van der Waals surface area contributed by atoms with Crippen molar-refractivity contribution < 1.29 is 41.9 Å². The largest absolute Gasteiger partial charge is 0.452 e. The third-order valence-electron chi connectivity index (χ3n) is 8.23. The van der Waals surface area contributed by atoms with Gasteiger partial charge in [-0.15, -0.1) is 0 Å². The second-order valence-corrected chi connectivity index (χ2v) is 13.3. The fraction of sp³-hybridized carbons (Fsp3) is 0.656.